The molecule has 1 aliphatic heterocycles. The van der Waals surface area contributed by atoms with Gasteiger partial charge in [0.15, 0.2) is 0 Å². The fraction of sp³-hybridized carbons (Fsp3) is 0.160. The number of ketones is 1. The number of amides is 1. The van der Waals surface area contributed by atoms with E-state index in [4.69, 9.17) is 27.9 Å². The Morgan fingerprint density at radius 1 is 1.06 bits per heavy atom. The highest BCUT2D eigenvalue weighted by Gasteiger charge is 2.46. The molecule has 4 rings (SSSR count). The SMILES string of the molecule is CCOc1cccc(/C(O)=C2/C(=O)C(=O)N(Cc3ccncc3)C2c2ccc(Cl)c(Cl)c2)c1. The van der Waals surface area contributed by atoms with Gasteiger partial charge in [-0.25, -0.2) is 0 Å². The zero-order chi connectivity index (χ0) is 23.5. The molecular formula is C25H20Cl2N2O4. The number of aliphatic hydroxyl groups is 1. The molecule has 1 fully saturated rings. The lowest BCUT2D eigenvalue weighted by Gasteiger charge is -2.25. The van der Waals surface area contributed by atoms with Crippen molar-refractivity contribution in [3.05, 3.63) is 99.3 Å². The molecule has 33 heavy (non-hydrogen) atoms. The number of benzene rings is 2. The number of likely N-dealkylation sites (tertiary alicyclic amines) is 1. The van der Waals surface area contributed by atoms with Crippen molar-refractivity contribution in [2.75, 3.05) is 6.61 Å². The average Bonchev–Trinajstić information content (AvgIpc) is 3.06. The van der Waals surface area contributed by atoms with Crippen molar-refractivity contribution in [2.45, 2.75) is 19.5 Å². The maximum Gasteiger partial charge on any atom is 0.295 e. The van der Waals surface area contributed by atoms with E-state index in [0.29, 0.717) is 28.5 Å². The first-order valence-electron chi connectivity index (χ1n) is 10.3. The second-order valence-electron chi connectivity index (χ2n) is 7.42. The Bertz CT molecular complexity index is 1240. The number of carbonyl (C=O) groups is 2. The van der Waals surface area contributed by atoms with E-state index in [0.717, 1.165) is 5.56 Å². The van der Waals surface area contributed by atoms with Gasteiger partial charge < -0.3 is 14.7 Å². The zero-order valence-corrected chi connectivity index (χ0v) is 19.2. The van der Waals surface area contributed by atoms with Gasteiger partial charge in [0.25, 0.3) is 11.7 Å². The van der Waals surface area contributed by atoms with E-state index in [2.05, 4.69) is 4.98 Å². The fourth-order valence-corrected chi connectivity index (χ4v) is 4.12. The van der Waals surface area contributed by atoms with Crippen molar-refractivity contribution in [1.82, 2.24) is 9.88 Å². The number of pyridine rings is 1. The van der Waals surface area contributed by atoms with Crippen LogP contribution in [-0.4, -0.2) is 33.3 Å². The minimum Gasteiger partial charge on any atom is -0.507 e. The fourth-order valence-electron chi connectivity index (χ4n) is 3.81. The van der Waals surface area contributed by atoms with Crippen LogP contribution >= 0.6 is 23.2 Å². The van der Waals surface area contributed by atoms with Crippen molar-refractivity contribution < 1.29 is 19.4 Å². The van der Waals surface area contributed by atoms with Crippen LogP contribution in [0.15, 0.2) is 72.6 Å². The summed E-state index contributed by atoms with van der Waals surface area (Å²) in [6.07, 6.45) is 3.22. The van der Waals surface area contributed by atoms with E-state index < -0.39 is 17.7 Å². The Morgan fingerprint density at radius 2 is 1.82 bits per heavy atom. The second-order valence-corrected chi connectivity index (χ2v) is 8.23. The van der Waals surface area contributed by atoms with Gasteiger partial charge in [-0.1, -0.05) is 41.4 Å². The first-order chi connectivity index (χ1) is 15.9. The van der Waals surface area contributed by atoms with Crippen LogP contribution in [0.5, 0.6) is 5.75 Å². The van der Waals surface area contributed by atoms with Gasteiger partial charge in [0.2, 0.25) is 0 Å². The molecule has 1 atom stereocenters. The lowest BCUT2D eigenvalue weighted by atomic mass is 9.95. The molecule has 1 saturated heterocycles. The number of hydrogen-bond donors (Lipinski definition) is 1. The number of Topliss-reactive ketones (excluding diaryl/α,β-unsaturated/α-hetero) is 1. The molecule has 1 aromatic heterocycles. The minimum absolute atomic E-state index is 0.0268. The molecule has 2 aromatic carbocycles. The number of aliphatic hydroxyl groups excluding tert-OH is 1. The molecule has 0 saturated carbocycles. The molecule has 6 nitrogen and oxygen atoms in total. The van der Waals surface area contributed by atoms with Crippen LogP contribution in [0, 0.1) is 0 Å². The molecule has 1 aliphatic rings. The van der Waals surface area contributed by atoms with Crippen LogP contribution in [0.4, 0.5) is 0 Å². The molecule has 3 aromatic rings. The third kappa shape index (κ3) is 4.58. The standard InChI is InChI=1S/C25H20Cl2N2O4/c1-2-33-18-5-3-4-17(12-18)23(30)21-22(16-6-7-19(26)20(27)13-16)29(25(32)24(21)31)14-15-8-10-28-11-9-15/h3-13,22,30H,2,14H2,1H3/b23-21-. The Balaban J connectivity index is 1.87. The molecule has 168 valence electrons. The third-order valence-electron chi connectivity index (χ3n) is 5.32. The van der Waals surface area contributed by atoms with Crippen LogP contribution in [-0.2, 0) is 16.1 Å². The van der Waals surface area contributed by atoms with Gasteiger partial charge in [-0.05, 0) is 54.4 Å². The number of hydrogen-bond acceptors (Lipinski definition) is 5. The van der Waals surface area contributed by atoms with Gasteiger partial charge in [-0.15, -0.1) is 0 Å². The van der Waals surface area contributed by atoms with Gasteiger partial charge in [0.1, 0.15) is 11.5 Å². The molecule has 1 N–H and O–H groups in total. The summed E-state index contributed by atoms with van der Waals surface area (Å²) >= 11 is 12.3. The van der Waals surface area contributed by atoms with Crippen molar-refractivity contribution >= 4 is 40.7 Å². The van der Waals surface area contributed by atoms with Crippen molar-refractivity contribution in [3.8, 4) is 5.75 Å². The summed E-state index contributed by atoms with van der Waals surface area (Å²) < 4.78 is 5.51. The summed E-state index contributed by atoms with van der Waals surface area (Å²) in [5, 5.41) is 11.8. The van der Waals surface area contributed by atoms with Gasteiger partial charge >= 0.3 is 0 Å². The number of nitrogens with zero attached hydrogens (tertiary/aromatic N) is 2. The Hall–Kier alpha value is -3.35. The predicted molar refractivity (Wildman–Crippen MR) is 126 cm³/mol. The van der Waals surface area contributed by atoms with Gasteiger partial charge in [-0.3, -0.25) is 14.6 Å². The quantitative estimate of drug-likeness (QED) is 0.288. The van der Waals surface area contributed by atoms with E-state index in [1.807, 2.05) is 6.92 Å². The maximum atomic E-state index is 13.2. The van der Waals surface area contributed by atoms with Gasteiger partial charge in [-0.2, -0.15) is 0 Å². The first-order valence-corrected chi connectivity index (χ1v) is 11.0. The highest BCUT2D eigenvalue weighted by atomic mass is 35.5. The summed E-state index contributed by atoms with van der Waals surface area (Å²) in [5.41, 5.74) is 1.68. The van der Waals surface area contributed by atoms with E-state index in [1.54, 1.807) is 67.0 Å². The van der Waals surface area contributed by atoms with E-state index in [9.17, 15) is 14.7 Å². The monoisotopic (exact) mass is 482 g/mol. The molecule has 8 heteroatoms. The second kappa shape index (κ2) is 9.65. The summed E-state index contributed by atoms with van der Waals surface area (Å²) in [5.74, 6) is -1.24. The van der Waals surface area contributed by atoms with Gasteiger partial charge in [0.05, 0.1) is 28.3 Å². The molecule has 1 unspecified atom stereocenters. The highest BCUT2D eigenvalue weighted by Crippen LogP contribution is 2.42. The molecule has 2 heterocycles. The normalized spacial score (nSPS) is 17.4. The molecule has 0 spiro atoms. The van der Waals surface area contributed by atoms with E-state index in [1.165, 1.54) is 4.90 Å². The molecule has 0 radical (unpaired) electrons. The Kier molecular flexibility index (Phi) is 6.67. The largest absolute Gasteiger partial charge is 0.507 e. The third-order valence-corrected chi connectivity index (χ3v) is 6.06. The molecule has 0 bridgehead atoms. The minimum atomic E-state index is -0.858. The van der Waals surface area contributed by atoms with Crippen LogP contribution in [0.3, 0.4) is 0 Å². The number of aromatic nitrogens is 1. The van der Waals surface area contributed by atoms with Crippen molar-refractivity contribution in [1.29, 1.82) is 0 Å². The average molecular weight is 483 g/mol. The lowest BCUT2D eigenvalue weighted by molar-refractivity contribution is -0.140. The lowest BCUT2D eigenvalue weighted by Crippen LogP contribution is -2.29. The van der Waals surface area contributed by atoms with Crippen LogP contribution < -0.4 is 4.74 Å². The summed E-state index contributed by atoms with van der Waals surface area (Å²) in [6, 6.07) is 14.3. The highest BCUT2D eigenvalue weighted by molar-refractivity contribution is 6.46. The number of carbonyl (C=O) groups excluding carboxylic acids is 2. The summed E-state index contributed by atoms with van der Waals surface area (Å²) in [4.78, 5) is 31.7. The Labute approximate surface area is 201 Å². The van der Waals surface area contributed by atoms with Crippen LogP contribution in [0.25, 0.3) is 5.76 Å². The van der Waals surface area contributed by atoms with Crippen molar-refractivity contribution in [3.63, 3.8) is 0 Å². The zero-order valence-electron chi connectivity index (χ0n) is 17.7. The Morgan fingerprint density at radius 3 is 2.52 bits per heavy atom. The first kappa shape index (κ1) is 22.8. The van der Waals surface area contributed by atoms with E-state index >= 15 is 0 Å². The summed E-state index contributed by atoms with van der Waals surface area (Å²) in [6.45, 7) is 2.44. The molecule has 0 aliphatic carbocycles. The van der Waals surface area contributed by atoms with Crippen molar-refractivity contribution in [2.24, 2.45) is 0 Å². The smallest absolute Gasteiger partial charge is 0.295 e. The molecule has 1 amide bonds. The van der Waals surface area contributed by atoms with Crippen LogP contribution in [0.1, 0.15) is 29.7 Å². The number of halogens is 2. The maximum absolute atomic E-state index is 13.2. The predicted octanol–water partition coefficient (Wildman–Crippen LogP) is 5.41. The van der Waals surface area contributed by atoms with Gasteiger partial charge in [0, 0.05) is 24.5 Å². The summed E-state index contributed by atoms with van der Waals surface area (Å²) in [7, 11) is 0. The number of ether oxygens (including phenoxy) is 1. The van der Waals surface area contributed by atoms with Crippen LogP contribution in [0.2, 0.25) is 10.0 Å². The molecular weight excluding hydrogens is 463 g/mol. The topological polar surface area (TPSA) is 79.7 Å². The van der Waals surface area contributed by atoms with E-state index in [-0.39, 0.29) is 22.9 Å². The number of rotatable bonds is 6.